The molecule has 4 N–H and O–H groups in total. The van der Waals surface area contributed by atoms with Crippen molar-refractivity contribution in [2.45, 2.75) is 6.10 Å². The van der Waals surface area contributed by atoms with Gasteiger partial charge >= 0.3 is 0 Å². The Morgan fingerprint density at radius 1 is 1.00 bits per heavy atom. The maximum absolute atomic E-state index is 9.27. The molecule has 1 unspecified atom stereocenters. The Hall–Kier alpha value is -2.45. The van der Waals surface area contributed by atoms with Crippen molar-refractivity contribution in [3.05, 3.63) is 53.7 Å². The monoisotopic (exact) mass is 374 g/mol. The van der Waals surface area contributed by atoms with Gasteiger partial charge in [-0.25, -0.2) is 4.98 Å². The Morgan fingerprint density at radius 3 is 2.33 bits per heavy atom. The summed E-state index contributed by atoms with van der Waals surface area (Å²) < 4.78 is 5.34. The molecule has 2 aromatic rings. The summed E-state index contributed by atoms with van der Waals surface area (Å²) in [5.74, 6) is -0.00433. The summed E-state index contributed by atoms with van der Waals surface area (Å²) in [5, 5.41) is 36.5. The first-order chi connectivity index (χ1) is 13.1. The molecule has 0 amide bonds. The minimum Gasteiger partial charge on any atom is -0.493 e. The summed E-state index contributed by atoms with van der Waals surface area (Å²) in [6, 6.07) is 11.2. The Balaban J connectivity index is 1.92. The summed E-state index contributed by atoms with van der Waals surface area (Å²) in [5.41, 5.74) is 2.86. The fourth-order valence-electron chi connectivity index (χ4n) is 2.42. The SMILES string of the molecule is OCCN(CCOCC(O)CO)c1ccc(/C=C/c2ccc(O)nc2)cc1. The zero-order valence-electron chi connectivity index (χ0n) is 15.1. The maximum atomic E-state index is 9.27. The minimum atomic E-state index is -0.869. The summed E-state index contributed by atoms with van der Waals surface area (Å²) >= 11 is 0. The highest BCUT2D eigenvalue weighted by Crippen LogP contribution is 2.17. The Kier molecular flexibility index (Phi) is 8.73. The number of anilines is 1. The van der Waals surface area contributed by atoms with E-state index in [1.807, 2.05) is 41.3 Å². The van der Waals surface area contributed by atoms with Crippen molar-refractivity contribution in [3.8, 4) is 5.88 Å². The van der Waals surface area contributed by atoms with E-state index in [2.05, 4.69) is 4.98 Å². The third-order valence-electron chi connectivity index (χ3n) is 3.89. The summed E-state index contributed by atoms with van der Waals surface area (Å²) in [7, 11) is 0. The lowest BCUT2D eigenvalue weighted by Gasteiger charge is -2.24. The molecule has 0 spiro atoms. The van der Waals surface area contributed by atoms with Gasteiger partial charge in [-0.3, -0.25) is 0 Å². The van der Waals surface area contributed by atoms with Crippen molar-refractivity contribution in [1.82, 2.24) is 4.98 Å². The molecule has 0 bridgehead atoms. The van der Waals surface area contributed by atoms with Crippen LogP contribution in [0.3, 0.4) is 0 Å². The van der Waals surface area contributed by atoms with Crippen molar-refractivity contribution < 1.29 is 25.2 Å². The number of aromatic nitrogens is 1. The van der Waals surface area contributed by atoms with Gasteiger partial charge in [-0.15, -0.1) is 0 Å². The van der Waals surface area contributed by atoms with Gasteiger partial charge < -0.3 is 30.1 Å². The molecule has 146 valence electrons. The number of pyridine rings is 1. The van der Waals surface area contributed by atoms with Crippen LogP contribution in [0.25, 0.3) is 12.2 Å². The number of hydrogen-bond acceptors (Lipinski definition) is 7. The van der Waals surface area contributed by atoms with E-state index in [0.717, 1.165) is 16.8 Å². The average molecular weight is 374 g/mol. The number of nitrogens with zero attached hydrogens (tertiary/aromatic N) is 2. The van der Waals surface area contributed by atoms with Crippen molar-refractivity contribution in [2.24, 2.45) is 0 Å². The second kappa shape index (κ2) is 11.3. The number of hydrogen-bond donors (Lipinski definition) is 4. The molecule has 7 nitrogen and oxygen atoms in total. The van der Waals surface area contributed by atoms with E-state index in [0.29, 0.717) is 19.7 Å². The first-order valence-electron chi connectivity index (χ1n) is 8.78. The number of aromatic hydroxyl groups is 1. The third kappa shape index (κ3) is 7.36. The van der Waals surface area contributed by atoms with Gasteiger partial charge in [0.15, 0.2) is 0 Å². The lowest BCUT2D eigenvalue weighted by Crippen LogP contribution is -2.31. The summed E-state index contributed by atoms with van der Waals surface area (Å²) in [6.45, 7) is 1.20. The molecular formula is C20H26N2O5. The molecule has 0 saturated heterocycles. The number of aliphatic hydroxyl groups excluding tert-OH is 3. The van der Waals surface area contributed by atoms with Crippen LogP contribution in [0.1, 0.15) is 11.1 Å². The zero-order chi connectivity index (χ0) is 19.5. The Labute approximate surface area is 158 Å². The van der Waals surface area contributed by atoms with E-state index < -0.39 is 6.10 Å². The van der Waals surface area contributed by atoms with Gasteiger partial charge in [0.25, 0.3) is 0 Å². The molecule has 0 radical (unpaired) electrons. The van der Waals surface area contributed by atoms with E-state index in [9.17, 15) is 15.3 Å². The number of rotatable bonds is 11. The lowest BCUT2D eigenvalue weighted by molar-refractivity contribution is 0.00832. The first kappa shape index (κ1) is 20.9. The molecule has 0 saturated carbocycles. The normalized spacial score (nSPS) is 12.4. The topological polar surface area (TPSA) is 106 Å². The molecule has 1 atom stereocenters. The van der Waals surface area contributed by atoms with Crippen molar-refractivity contribution in [1.29, 1.82) is 0 Å². The zero-order valence-corrected chi connectivity index (χ0v) is 15.1. The smallest absolute Gasteiger partial charge is 0.210 e. The molecule has 2 rings (SSSR count). The fourth-order valence-corrected chi connectivity index (χ4v) is 2.42. The van der Waals surface area contributed by atoms with Gasteiger partial charge in [0.1, 0.15) is 6.10 Å². The van der Waals surface area contributed by atoms with E-state index >= 15 is 0 Å². The molecular weight excluding hydrogens is 348 g/mol. The van der Waals surface area contributed by atoms with Crippen LogP contribution in [-0.2, 0) is 4.74 Å². The predicted octanol–water partition coefficient (Wildman–Crippen LogP) is 1.13. The molecule has 1 heterocycles. The minimum absolute atomic E-state index is 0.00433. The van der Waals surface area contributed by atoms with Gasteiger partial charge in [0, 0.05) is 31.0 Å². The Bertz CT molecular complexity index is 689. The number of aliphatic hydroxyl groups is 3. The molecule has 1 aromatic carbocycles. The van der Waals surface area contributed by atoms with Crippen molar-refractivity contribution >= 4 is 17.8 Å². The fraction of sp³-hybridized carbons (Fsp3) is 0.350. The van der Waals surface area contributed by atoms with Gasteiger partial charge in [-0.05, 0) is 29.3 Å². The molecule has 0 aliphatic heterocycles. The highest BCUT2D eigenvalue weighted by molar-refractivity contribution is 5.70. The van der Waals surface area contributed by atoms with Crippen LogP contribution in [0, 0.1) is 0 Å². The van der Waals surface area contributed by atoms with Gasteiger partial charge in [0.2, 0.25) is 5.88 Å². The lowest BCUT2D eigenvalue weighted by atomic mass is 10.1. The largest absolute Gasteiger partial charge is 0.493 e. The number of ether oxygens (including phenoxy) is 1. The molecule has 1 aromatic heterocycles. The summed E-state index contributed by atoms with van der Waals surface area (Å²) in [4.78, 5) is 5.82. The van der Waals surface area contributed by atoms with Crippen LogP contribution in [0.5, 0.6) is 5.88 Å². The van der Waals surface area contributed by atoms with Crippen LogP contribution in [0.2, 0.25) is 0 Å². The second-order valence-electron chi connectivity index (χ2n) is 6.00. The molecule has 0 fully saturated rings. The molecule has 0 aliphatic rings. The second-order valence-corrected chi connectivity index (χ2v) is 6.00. The van der Waals surface area contributed by atoms with Gasteiger partial charge in [0.05, 0.1) is 26.4 Å². The van der Waals surface area contributed by atoms with E-state index in [1.54, 1.807) is 12.3 Å². The van der Waals surface area contributed by atoms with Crippen LogP contribution < -0.4 is 4.90 Å². The predicted molar refractivity (Wildman–Crippen MR) is 104 cm³/mol. The van der Waals surface area contributed by atoms with Crippen LogP contribution in [0.4, 0.5) is 5.69 Å². The molecule has 7 heteroatoms. The average Bonchev–Trinajstić information content (AvgIpc) is 2.70. The highest BCUT2D eigenvalue weighted by atomic mass is 16.5. The van der Waals surface area contributed by atoms with Crippen LogP contribution in [0.15, 0.2) is 42.6 Å². The van der Waals surface area contributed by atoms with E-state index in [1.165, 1.54) is 6.07 Å². The molecule has 0 aliphatic carbocycles. The highest BCUT2D eigenvalue weighted by Gasteiger charge is 2.07. The van der Waals surface area contributed by atoms with Gasteiger partial charge in [-0.2, -0.15) is 0 Å². The van der Waals surface area contributed by atoms with E-state index in [4.69, 9.17) is 9.84 Å². The van der Waals surface area contributed by atoms with Crippen LogP contribution in [-0.4, -0.2) is 71.0 Å². The quantitative estimate of drug-likeness (QED) is 0.437. The maximum Gasteiger partial charge on any atom is 0.210 e. The van der Waals surface area contributed by atoms with Crippen LogP contribution >= 0.6 is 0 Å². The number of benzene rings is 1. The van der Waals surface area contributed by atoms with Crippen molar-refractivity contribution in [2.75, 3.05) is 44.4 Å². The van der Waals surface area contributed by atoms with E-state index in [-0.39, 0.29) is 25.7 Å². The first-order valence-corrected chi connectivity index (χ1v) is 8.78. The van der Waals surface area contributed by atoms with Crippen molar-refractivity contribution in [3.63, 3.8) is 0 Å². The standard InChI is InChI=1S/C20H26N2O5/c23-11-9-22(10-12-27-15-19(25)14-24)18-6-3-16(4-7-18)1-2-17-5-8-20(26)21-13-17/h1-8,13,19,23-25H,9-12,14-15H2,(H,21,26)/b2-1+. The van der Waals surface area contributed by atoms with Gasteiger partial charge in [-0.1, -0.05) is 24.3 Å². The molecule has 27 heavy (non-hydrogen) atoms. The summed E-state index contributed by atoms with van der Waals surface area (Å²) in [6.07, 6.45) is 4.59. The third-order valence-corrected chi connectivity index (χ3v) is 3.89. The Morgan fingerprint density at radius 2 is 1.70 bits per heavy atom.